The van der Waals surface area contributed by atoms with Crippen molar-refractivity contribution in [2.24, 2.45) is 5.84 Å². The van der Waals surface area contributed by atoms with Crippen LogP contribution in [-0.2, 0) is 6.67 Å². The Morgan fingerprint density at radius 3 is 2.72 bits per heavy atom. The molecule has 5 heteroatoms. The number of nitrogen functional groups attached to an aromatic ring is 1. The molecule has 0 bridgehead atoms. The fourth-order valence-electron chi connectivity index (χ4n) is 2.32. The predicted octanol–water partition coefficient (Wildman–Crippen LogP) is 1.95. The summed E-state index contributed by atoms with van der Waals surface area (Å²) < 4.78 is 12.9. The number of benzene rings is 1. The Morgan fingerprint density at radius 1 is 1.39 bits per heavy atom. The summed E-state index contributed by atoms with van der Waals surface area (Å²) in [4.78, 5) is 2.33. The largest absolute Gasteiger partial charge is 0.382 e. The average Bonchev–Trinajstić information content (AvgIpc) is 2.41. The minimum Gasteiger partial charge on any atom is -0.382 e. The monoisotopic (exact) mass is 252 g/mol. The Labute approximate surface area is 107 Å². The highest BCUT2D eigenvalue weighted by Gasteiger charge is 2.16. The molecule has 4 N–H and O–H groups in total. The van der Waals surface area contributed by atoms with Crippen LogP contribution in [0.25, 0.3) is 0 Å². The SMILES string of the molecule is CN1CCC(Nc2ccc(NN)c(CF)c2)CC1. The maximum atomic E-state index is 12.9. The first-order chi connectivity index (χ1) is 8.72. The van der Waals surface area contributed by atoms with Gasteiger partial charge in [0.15, 0.2) is 0 Å². The molecule has 0 atom stereocenters. The molecular weight excluding hydrogens is 231 g/mol. The van der Waals surface area contributed by atoms with E-state index >= 15 is 0 Å². The molecule has 0 spiro atoms. The van der Waals surface area contributed by atoms with Crippen LogP contribution in [0.4, 0.5) is 15.8 Å². The van der Waals surface area contributed by atoms with Crippen molar-refractivity contribution in [1.82, 2.24) is 4.90 Å². The van der Waals surface area contributed by atoms with Crippen LogP contribution in [0.3, 0.4) is 0 Å². The van der Waals surface area contributed by atoms with Crippen molar-refractivity contribution in [3.63, 3.8) is 0 Å². The Morgan fingerprint density at radius 2 is 2.11 bits per heavy atom. The van der Waals surface area contributed by atoms with Crippen molar-refractivity contribution in [3.05, 3.63) is 23.8 Å². The minimum atomic E-state index is -0.511. The molecule has 0 aliphatic carbocycles. The van der Waals surface area contributed by atoms with Gasteiger partial charge in [-0.2, -0.15) is 0 Å². The molecule has 0 saturated carbocycles. The molecule has 0 aromatic heterocycles. The van der Waals surface area contributed by atoms with Crippen molar-refractivity contribution in [1.29, 1.82) is 0 Å². The summed E-state index contributed by atoms with van der Waals surface area (Å²) >= 11 is 0. The number of nitrogens with one attached hydrogen (secondary N) is 2. The summed E-state index contributed by atoms with van der Waals surface area (Å²) in [6, 6.07) is 6.05. The third-order valence-electron chi connectivity index (χ3n) is 3.49. The third-order valence-corrected chi connectivity index (χ3v) is 3.49. The first-order valence-electron chi connectivity index (χ1n) is 6.33. The quantitative estimate of drug-likeness (QED) is 0.566. The maximum absolute atomic E-state index is 12.9. The highest BCUT2D eigenvalue weighted by Crippen LogP contribution is 2.23. The molecule has 4 nitrogen and oxygen atoms in total. The van der Waals surface area contributed by atoms with Gasteiger partial charge in [0.25, 0.3) is 0 Å². The molecule has 0 radical (unpaired) electrons. The number of halogens is 1. The van der Waals surface area contributed by atoms with Gasteiger partial charge < -0.3 is 15.6 Å². The van der Waals surface area contributed by atoms with E-state index in [1.807, 2.05) is 18.2 Å². The summed E-state index contributed by atoms with van der Waals surface area (Å²) in [5.41, 5.74) is 4.72. The zero-order valence-electron chi connectivity index (χ0n) is 10.7. The fourth-order valence-corrected chi connectivity index (χ4v) is 2.32. The normalized spacial score (nSPS) is 17.7. The summed E-state index contributed by atoms with van der Waals surface area (Å²) in [7, 11) is 2.14. The average molecular weight is 252 g/mol. The lowest BCUT2D eigenvalue weighted by atomic mass is 10.0. The number of hydrogen-bond donors (Lipinski definition) is 3. The van der Waals surface area contributed by atoms with E-state index in [1.165, 1.54) is 0 Å². The second kappa shape index (κ2) is 6.02. The second-order valence-corrected chi connectivity index (χ2v) is 4.87. The second-order valence-electron chi connectivity index (χ2n) is 4.87. The van der Waals surface area contributed by atoms with Gasteiger partial charge in [0.05, 0.1) is 5.69 Å². The Kier molecular flexibility index (Phi) is 4.38. The maximum Gasteiger partial charge on any atom is 0.117 e. The van der Waals surface area contributed by atoms with Gasteiger partial charge in [-0.25, -0.2) is 4.39 Å². The predicted molar refractivity (Wildman–Crippen MR) is 73.2 cm³/mol. The number of nitrogens with zero attached hydrogens (tertiary/aromatic N) is 1. The lowest BCUT2D eigenvalue weighted by molar-refractivity contribution is 0.264. The first-order valence-corrected chi connectivity index (χ1v) is 6.33. The van der Waals surface area contributed by atoms with E-state index < -0.39 is 6.67 Å². The molecule has 1 aromatic rings. The number of nitrogens with two attached hydrogens (primary N) is 1. The van der Waals surface area contributed by atoms with Crippen molar-refractivity contribution >= 4 is 11.4 Å². The zero-order chi connectivity index (χ0) is 13.0. The van der Waals surface area contributed by atoms with Crippen molar-refractivity contribution in [3.8, 4) is 0 Å². The fraction of sp³-hybridized carbons (Fsp3) is 0.538. The van der Waals surface area contributed by atoms with Crippen LogP contribution < -0.4 is 16.6 Å². The summed E-state index contributed by atoms with van der Waals surface area (Å²) in [6.07, 6.45) is 2.25. The summed E-state index contributed by atoms with van der Waals surface area (Å²) in [5.74, 6) is 5.33. The van der Waals surface area contributed by atoms with Crippen LogP contribution in [0.5, 0.6) is 0 Å². The third kappa shape index (κ3) is 3.11. The van der Waals surface area contributed by atoms with Gasteiger partial charge in [0.2, 0.25) is 0 Å². The van der Waals surface area contributed by atoms with Gasteiger partial charge in [-0.1, -0.05) is 0 Å². The Hall–Kier alpha value is -1.33. The van der Waals surface area contributed by atoms with E-state index in [2.05, 4.69) is 22.7 Å². The minimum absolute atomic E-state index is 0.477. The van der Waals surface area contributed by atoms with Crippen LogP contribution in [0.1, 0.15) is 18.4 Å². The van der Waals surface area contributed by atoms with Crippen LogP contribution in [0.15, 0.2) is 18.2 Å². The van der Waals surface area contributed by atoms with Crippen LogP contribution in [0.2, 0.25) is 0 Å². The summed E-state index contributed by atoms with van der Waals surface area (Å²) in [6.45, 7) is 1.70. The topological polar surface area (TPSA) is 53.3 Å². The molecule has 1 heterocycles. The molecule has 2 rings (SSSR count). The van der Waals surface area contributed by atoms with E-state index in [4.69, 9.17) is 5.84 Å². The molecule has 18 heavy (non-hydrogen) atoms. The standard InChI is InChI=1S/C13H21FN4/c1-18-6-4-11(5-7-18)16-12-2-3-13(17-15)10(8-12)9-14/h2-3,8,11,16-17H,4-7,9,15H2,1H3. The summed E-state index contributed by atoms with van der Waals surface area (Å²) in [5, 5.41) is 3.47. The number of hydrogen-bond acceptors (Lipinski definition) is 4. The van der Waals surface area contributed by atoms with Gasteiger partial charge in [0.1, 0.15) is 6.67 Å². The number of alkyl halides is 1. The van der Waals surface area contributed by atoms with Gasteiger partial charge in [0, 0.05) is 17.3 Å². The van der Waals surface area contributed by atoms with E-state index in [1.54, 1.807) is 0 Å². The van der Waals surface area contributed by atoms with Gasteiger partial charge in [-0.3, -0.25) is 5.84 Å². The molecule has 100 valence electrons. The van der Waals surface area contributed by atoms with Gasteiger partial charge in [-0.15, -0.1) is 0 Å². The van der Waals surface area contributed by atoms with Crippen molar-refractivity contribution in [2.75, 3.05) is 30.9 Å². The number of hydrazine groups is 1. The van der Waals surface area contributed by atoms with E-state index in [-0.39, 0.29) is 0 Å². The van der Waals surface area contributed by atoms with E-state index in [0.29, 0.717) is 17.3 Å². The lowest BCUT2D eigenvalue weighted by Crippen LogP contribution is -2.36. The van der Waals surface area contributed by atoms with Crippen molar-refractivity contribution < 1.29 is 4.39 Å². The number of piperidine rings is 1. The molecule has 0 amide bonds. The molecule has 1 aromatic carbocycles. The van der Waals surface area contributed by atoms with Crippen LogP contribution >= 0.6 is 0 Å². The van der Waals surface area contributed by atoms with Crippen LogP contribution in [-0.4, -0.2) is 31.1 Å². The molecule has 1 aliphatic rings. The smallest absolute Gasteiger partial charge is 0.117 e. The van der Waals surface area contributed by atoms with Crippen LogP contribution in [0, 0.1) is 0 Å². The van der Waals surface area contributed by atoms with E-state index in [9.17, 15) is 4.39 Å². The first kappa shape index (κ1) is 13.1. The number of rotatable bonds is 4. The zero-order valence-corrected chi connectivity index (χ0v) is 10.7. The Bertz CT molecular complexity index is 389. The molecule has 1 fully saturated rings. The highest BCUT2D eigenvalue weighted by molar-refractivity contribution is 5.59. The molecular formula is C13H21FN4. The Balaban J connectivity index is 2.01. The van der Waals surface area contributed by atoms with Gasteiger partial charge in [-0.05, 0) is 51.2 Å². The van der Waals surface area contributed by atoms with Crippen molar-refractivity contribution in [2.45, 2.75) is 25.6 Å². The number of likely N-dealkylation sites (tertiary alicyclic amines) is 1. The lowest BCUT2D eigenvalue weighted by Gasteiger charge is -2.30. The van der Waals surface area contributed by atoms with E-state index in [0.717, 1.165) is 31.6 Å². The molecule has 0 unspecified atom stereocenters. The molecule has 1 aliphatic heterocycles. The van der Waals surface area contributed by atoms with Gasteiger partial charge >= 0.3 is 0 Å². The molecule has 1 saturated heterocycles. The highest BCUT2D eigenvalue weighted by atomic mass is 19.1. The number of anilines is 2.